The molecule has 1 aromatic carbocycles. The third-order valence-electron chi connectivity index (χ3n) is 4.90. The van der Waals surface area contributed by atoms with Crippen LogP contribution in [0.1, 0.15) is 23.0 Å². The van der Waals surface area contributed by atoms with Crippen LogP contribution < -0.4 is 11.1 Å². The van der Waals surface area contributed by atoms with Gasteiger partial charge in [0.15, 0.2) is 0 Å². The van der Waals surface area contributed by atoms with Crippen molar-refractivity contribution in [3.63, 3.8) is 0 Å². The van der Waals surface area contributed by atoms with Crippen LogP contribution in [-0.2, 0) is 11.3 Å². The second-order valence-electron chi connectivity index (χ2n) is 6.93. The summed E-state index contributed by atoms with van der Waals surface area (Å²) in [4.78, 5) is 27.9. The van der Waals surface area contributed by atoms with Gasteiger partial charge in [-0.25, -0.2) is 4.98 Å². The molecule has 3 heterocycles. The monoisotopic (exact) mass is 452 g/mol. The van der Waals surface area contributed by atoms with Gasteiger partial charge >= 0.3 is 0 Å². The molecule has 4 aromatic rings. The van der Waals surface area contributed by atoms with Gasteiger partial charge in [-0.1, -0.05) is 28.8 Å². The average molecular weight is 453 g/mol. The first-order chi connectivity index (χ1) is 14.9. The Morgan fingerprint density at radius 1 is 1.13 bits per heavy atom. The Kier molecular flexibility index (Phi) is 5.92. The van der Waals surface area contributed by atoms with Crippen molar-refractivity contribution >= 4 is 34.7 Å². The van der Waals surface area contributed by atoms with E-state index in [2.05, 4.69) is 14.9 Å². The summed E-state index contributed by atoms with van der Waals surface area (Å²) in [5.41, 5.74) is 11.2. The van der Waals surface area contributed by atoms with Crippen molar-refractivity contribution in [3.8, 4) is 33.2 Å². The maximum absolute atomic E-state index is 11.9. The van der Waals surface area contributed by atoms with Crippen molar-refractivity contribution in [2.24, 2.45) is 5.73 Å². The van der Waals surface area contributed by atoms with Crippen LogP contribution in [0.2, 0.25) is 0 Å². The summed E-state index contributed by atoms with van der Waals surface area (Å²) in [6.07, 6.45) is 0. The van der Waals surface area contributed by atoms with Gasteiger partial charge in [0.25, 0.3) is 5.91 Å². The normalized spacial score (nSPS) is 10.9. The molecule has 0 aliphatic rings. The highest BCUT2D eigenvalue weighted by atomic mass is 32.1. The van der Waals surface area contributed by atoms with Crippen LogP contribution in [0, 0.1) is 6.92 Å². The van der Waals surface area contributed by atoms with E-state index in [1.165, 1.54) is 29.8 Å². The number of nitrogens with one attached hydrogen (secondary N) is 1. The molecule has 0 unspecified atom stereocenters. The predicted molar refractivity (Wildman–Crippen MR) is 122 cm³/mol. The first-order valence-corrected chi connectivity index (χ1v) is 11.2. The van der Waals surface area contributed by atoms with Gasteiger partial charge in [-0.05, 0) is 24.5 Å². The molecule has 8 nitrogen and oxygen atoms in total. The topological polar surface area (TPSA) is 116 Å². The van der Waals surface area contributed by atoms with Crippen molar-refractivity contribution in [2.45, 2.75) is 20.4 Å². The highest BCUT2D eigenvalue weighted by Crippen LogP contribution is 2.32. The van der Waals surface area contributed by atoms with E-state index in [0.29, 0.717) is 18.7 Å². The molecule has 2 amide bonds. The third kappa shape index (κ3) is 4.39. The van der Waals surface area contributed by atoms with Crippen LogP contribution >= 0.6 is 22.9 Å². The van der Waals surface area contributed by atoms with Crippen LogP contribution in [0.3, 0.4) is 0 Å². The molecule has 0 spiro atoms. The summed E-state index contributed by atoms with van der Waals surface area (Å²) in [6, 6.07) is 9.78. The number of hydrogen-bond acceptors (Lipinski definition) is 7. The summed E-state index contributed by atoms with van der Waals surface area (Å²) >= 11 is 2.85. The van der Waals surface area contributed by atoms with Crippen molar-refractivity contribution in [2.75, 3.05) is 6.54 Å². The zero-order chi connectivity index (χ0) is 22.0. The number of benzene rings is 1. The average Bonchev–Trinajstić information content (AvgIpc) is 3.49. The lowest BCUT2D eigenvalue weighted by molar-refractivity contribution is -0.118. The maximum atomic E-state index is 11.9. The van der Waals surface area contributed by atoms with Gasteiger partial charge in [-0.2, -0.15) is 0 Å². The van der Waals surface area contributed by atoms with Gasteiger partial charge in [0.05, 0.1) is 17.0 Å². The number of amides is 2. The molecule has 0 radical (unpaired) electrons. The van der Waals surface area contributed by atoms with Crippen molar-refractivity contribution < 1.29 is 9.59 Å². The quantitative estimate of drug-likeness (QED) is 0.446. The molecule has 3 N–H and O–H groups in total. The van der Waals surface area contributed by atoms with E-state index in [0.717, 1.165) is 38.9 Å². The molecule has 31 heavy (non-hydrogen) atoms. The molecule has 0 aliphatic heterocycles. The smallest absolute Gasteiger partial charge is 0.250 e. The molecule has 0 fully saturated rings. The number of aromatic nitrogens is 4. The van der Waals surface area contributed by atoms with E-state index in [1.807, 2.05) is 46.5 Å². The minimum Gasteiger partial charge on any atom is -0.366 e. The number of hydrogen-bond donors (Lipinski definition) is 2. The van der Waals surface area contributed by atoms with E-state index in [-0.39, 0.29) is 5.91 Å². The molecule has 0 saturated heterocycles. The lowest BCUT2D eigenvalue weighted by Crippen LogP contribution is -2.25. The lowest BCUT2D eigenvalue weighted by Gasteiger charge is -2.11. The van der Waals surface area contributed by atoms with E-state index < -0.39 is 5.91 Å². The van der Waals surface area contributed by atoms with Crippen LogP contribution in [0.25, 0.3) is 33.2 Å². The summed E-state index contributed by atoms with van der Waals surface area (Å²) in [6.45, 7) is 4.27. The summed E-state index contributed by atoms with van der Waals surface area (Å²) < 4.78 is 5.87. The van der Waals surface area contributed by atoms with Crippen LogP contribution in [0.4, 0.5) is 0 Å². The molecular formula is C21H20N6O2S2. The molecule has 10 heteroatoms. The Morgan fingerprint density at radius 2 is 1.87 bits per heavy atom. The number of nitrogens with zero attached hydrogens (tertiary/aromatic N) is 4. The molecule has 158 valence electrons. The van der Waals surface area contributed by atoms with Crippen molar-refractivity contribution in [3.05, 3.63) is 52.3 Å². The molecule has 4 rings (SSSR count). The van der Waals surface area contributed by atoms with Crippen LogP contribution in [0.15, 0.2) is 41.1 Å². The lowest BCUT2D eigenvalue weighted by atomic mass is 10.1. The van der Waals surface area contributed by atoms with E-state index in [1.54, 1.807) is 6.07 Å². The first-order valence-electron chi connectivity index (χ1n) is 9.52. The number of carbonyl (C=O) groups excluding carboxylic acids is 2. The Morgan fingerprint density at radius 3 is 2.52 bits per heavy atom. The second-order valence-corrected chi connectivity index (χ2v) is 8.40. The Hall–Kier alpha value is -3.37. The standard InChI is InChI=1S/C21H20N6O2S2/c1-12-16(20(22)29)9-19(27(12)8-7-23-13(2)28)18-10-30-21(24-18)15-5-3-14(4-6-15)17-11-31-26-25-17/h3-6,9-11H,7-8H2,1-2H3,(H2,22,29)(H,23,28). The number of primary amides is 1. The zero-order valence-corrected chi connectivity index (χ0v) is 18.6. The minimum atomic E-state index is -0.486. The highest BCUT2D eigenvalue weighted by Gasteiger charge is 2.19. The summed E-state index contributed by atoms with van der Waals surface area (Å²) in [5.74, 6) is -0.589. The van der Waals surface area contributed by atoms with E-state index >= 15 is 0 Å². The SMILES string of the molecule is CC(=O)NCCn1c(-c2csc(-c3ccc(-c4csnn4)cc3)n2)cc(C(N)=O)c1C. The number of thiazole rings is 1. The Labute approximate surface area is 186 Å². The Balaban J connectivity index is 1.64. The fraction of sp³-hybridized carbons (Fsp3) is 0.190. The zero-order valence-electron chi connectivity index (χ0n) is 17.0. The Bertz CT molecular complexity index is 1230. The highest BCUT2D eigenvalue weighted by molar-refractivity contribution is 7.13. The van der Waals surface area contributed by atoms with Gasteiger partial charge in [-0.15, -0.1) is 16.4 Å². The van der Waals surface area contributed by atoms with Crippen molar-refractivity contribution in [1.29, 1.82) is 0 Å². The molecule has 0 atom stereocenters. The molecule has 0 aliphatic carbocycles. The fourth-order valence-corrected chi connectivity index (χ4v) is 4.62. The first kappa shape index (κ1) is 20.9. The van der Waals surface area contributed by atoms with Gasteiger partial charge in [0, 0.05) is 47.6 Å². The van der Waals surface area contributed by atoms with Crippen LogP contribution in [0.5, 0.6) is 0 Å². The van der Waals surface area contributed by atoms with Gasteiger partial charge < -0.3 is 15.6 Å². The number of rotatable bonds is 7. The van der Waals surface area contributed by atoms with Gasteiger partial charge in [0.2, 0.25) is 5.91 Å². The predicted octanol–water partition coefficient (Wildman–Crippen LogP) is 3.34. The second kappa shape index (κ2) is 8.78. The maximum Gasteiger partial charge on any atom is 0.250 e. The van der Waals surface area contributed by atoms with E-state index in [4.69, 9.17) is 10.7 Å². The summed E-state index contributed by atoms with van der Waals surface area (Å²) in [5, 5.41) is 11.6. The summed E-state index contributed by atoms with van der Waals surface area (Å²) in [7, 11) is 0. The molecule has 3 aromatic heterocycles. The van der Waals surface area contributed by atoms with Crippen molar-refractivity contribution in [1.82, 2.24) is 24.5 Å². The van der Waals surface area contributed by atoms with Gasteiger partial charge in [0.1, 0.15) is 10.7 Å². The third-order valence-corrected chi connectivity index (χ3v) is 6.29. The van der Waals surface area contributed by atoms with Crippen LogP contribution in [-0.4, -0.2) is 37.5 Å². The number of nitrogens with two attached hydrogens (primary N) is 1. The number of carbonyl (C=O) groups is 2. The minimum absolute atomic E-state index is 0.102. The molecule has 0 saturated carbocycles. The molecular weight excluding hydrogens is 432 g/mol. The largest absolute Gasteiger partial charge is 0.366 e. The van der Waals surface area contributed by atoms with Gasteiger partial charge in [-0.3, -0.25) is 9.59 Å². The molecule has 0 bridgehead atoms. The fourth-order valence-electron chi connectivity index (χ4n) is 3.34. The van der Waals surface area contributed by atoms with E-state index in [9.17, 15) is 9.59 Å².